The Kier molecular flexibility index (Phi) is 3.84. The van der Waals surface area contributed by atoms with Gasteiger partial charge in [-0.25, -0.2) is 0 Å². The molecule has 4 heteroatoms. The summed E-state index contributed by atoms with van der Waals surface area (Å²) in [5, 5.41) is 3.44. The lowest BCUT2D eigenvalue weighted by molar-refractivity contribution is 0.0684. The first-order chi connectivity index (χ1) is 8.18. The van der Waals surface area contributed by atoms with Crippen molar-refractivity contribution < 1.29 is 4.79 Å². The van der Waals surface area contributed by atoms with Crippen LogP contribution in [0.1, 0.15) is 37.2 Å². The van der Waals surface area contributed by atoms with E-state index in [0.717, 1.165) is 13.1 Å². The minimum atomic E-state index is 0.0960. The zero-order valence-electron chi connectivity index (χ0n) is 10.6. The molecule has 4 nitrogen and oxygen atoms in total. The van der Waals surface area contributed by atoms with Crippen LogP contribution in [-0.4, -0.2) is 41.0 Å². The first-order valence-corrected chi connectivity index (χ1v) is 6.36. The molecule has 17 heavy (non-hydrogen) atoms. The number of amides is 1. The number of aromatic nitrogens is 1. The van der Waals surface area contributed by atoms with Crippen molar-refractivity contribution >= 4 is 5.91 Å². The van der Waals surface area contributed by atoms with Gasteiger partial charge >= 0.3 is 0 Å². The second kappa shape index (κ2) is 5.36. The number of hydrogen-bond donors (Lipinski definition) is 2. The standard InChI is InChI=1S/C13H21N3O/c1-10(2)16(9-11-5-3-7-14-11)13(17)12-6-4-8-15-12/h4,6,8,10-11,14-15H,3,5,7,9H2,1-2H3. The first kappa shape index (κ1) is 12.2. The zero-order chi connectivity index (χ0) is 12.3. The highest BCUT2D eigenvalue weighted by Gasteiger charge is 2.24. The molecule has 2 heterocycles. The summed E-state index contributed by atoms with van der Waals surface area (Å²) < 4.78 is 0. The van der Waals surface area contributed by atoms with Gasteiger partial charge in [-0.15, -0.1) is 0 Å². The quantitative estimate of drug-likeness (QED) is 0.833. The fourth-order valence-corrected chi connectivity index (χ4v) is 2.30. The van der Waals surface area contributed by atoms with Crippen molar-refractivity contribution in [2.75, 3.05) is 13.1 Å². The van der Waals surface area contributed by atoms with E-state index in [0.29, 0.717) is 11.7 Å². The summed E-state index contributed by atoms with van der Waals surface area (Å²) in [4.78, 5) is 17.2. The number of nitrogens with zero attached hydrogens (tertiary/aromatic N) is 1. The van der Waals surface area contributed by atoms with Gasteiger partial charge in [0, 0.05) is 24.8 Å². The lowest BCUT2D eigenvalue weighted by Gasteiger charge is -2.29. The molecule has 1 fully saturated rings. The van der Waals surface area contributed by atoms with Crippen molar-refractivity contribution in [3.63, 3.8) is 0 Å². The van der Waals surface area contributed by atoms with Crippen molar-refractivity contribution in [2.24, 2.45) is 0 Å². The number of carbonyl (C=O) groups excluding carboxylic acids is 1. The van der Waals surface area contributed by atoms with Crippen LogP contribution in [0.25, 0.3) is 0 Å². The third-order valence-corrected chi connectivity index (χ3v) is 3.29. The number of H-pyrrole nitrogens is 1. The predicted octanol–water partition coefficient (Wildman–Crippen LogP) is 1.62. The molecule has 0 bridgehead atoms. The maximum atomic E-state index is 12.3. The van der Waals surface area contributed by atoms with E-state index in [1.807, 2.05) is 17.0 Å². The summed E-state index contributed by atoms with van der Waals surface area (Å²) in [5.74, 6) is 0.0960. The molecule has 1 aromatic rings. The fraction of sp³-hybridized carbons (Fsp3) is 0.615. The van der Waals surface area contributed by atoms with E-state index >= 15 is 0 Å². The molecule has 1 aromatic heterocycles. The third-order valence-electron chi connectivity index (χ3n) is 3.29. The second-order valence-corrected chi connectivity index (χ2v) is 4.93. The number of rotatable bonds is 4. The molecule has 2 rings (SSSR count). The van der Waals surface area contributed by atoms with Crippen LogP contribution in [0, 0.1) is 0 Å². The summed E-state index contributed by atoms with van der Waals surface area (Å²) in [5.41, 5.74) is 0.677. The molecule has 2 N–H and O–H groups in total. The molecule has 0 aliphatic carbocycles. The summed E-state index contributed by atoms with van der Waals surface area (Å²) in [6.07, 6.45) is 4.17. The Labute approximate surface area is 102 Å². The van der Waals surface area contributed by atoms with Crippen LogP contribution in [0.5, 0.6) is 0 Å². The van der Waals surface area contributed by atoms with Crippen LogP contribution in [0.15, 0.2) is 18.3 Å². The molecule has 1 saturated heterocycles. The van der Waals surface area contributed by atoms with E-state index in [9.17, 15) is 4.79 Å². The maximum Gasteiger partial charge on any atom is 0.270 e. The van der Waals surface area contributed by atoms with E-state index in [1.165, 1.54) is 12.8 Å². The molecule has 94 valence electrons. The Morgan fingerprint density at radius 2 is 2.41 bits per heavy atom. The van der Waals surface area contributed by atoms with Crippen LogP contribution in [0.2, 0.25) is 0 Å². The van der Waals surface area contributed by atoms with Crippen molar-refractivity contribution in [2.45, 2.75) is 38.8 Å². The van der Waals surface area contributed by atoms with Crippen LogP contribution < -0.4 is 5.32 Å². The number of hydrogen-bond acceptors (Lipinski definition) is 2. The molecule has 0 radical (unpaired) electrons. The topological polar surface area (TPSA) is 48.1 Å². The van der Waals surface area contributed by atoms with Crippen LogP contribution in [0.3, 0.4) is 0 Å². The lowest BCUT2D eigenvalue weighted by atomic mass is 10.2. The largest absolute Gasteiger partial charge is 0.357 e. The van der Waals surface area contributed by atoms with E-state index in [1.54, 1.807) is 6.20 Å². The van der Waals surface area contributed by atoms with E-state index < -0.39 is 0 Å². The summed E-state index contributed by atoms with van der Waals surface area (Å²) in [6, 6.07) is 4.38. The van der Waals surface area contributed by atoms with Gasteiger partial charge in [-0.2, -0.15) is 0 Å². The molecule has 1 atom stereocenters. The molecule has 1 amide bonds. The Balaban J connectivity index is 2.03. The van der Waals surface area contributed by atoms with Crippen LogP contribution in [0.4, 0.5) is 0 Å². The van der Waals surface area contributed by atoms with Gasteiger partial charge in [0.25, 0.3) is 5.91 Å². The highest BCUT2D eigenvalue weighted by atomic mass is 16.2. The maximum absolute atomic E-state index is 12.3. The van der Waals surface area contributed by atoms with Crippen molar-refractivity contribution in [3.8, 4) is 0 Å². The Bertz CT molecular complexity index is 353. The normalized spacial score (nSPS) is 19.8. The molecule has 1 aliphatic rings. The van der Waals surface area contributed by atoms with Gasteiger partial charge < -0.3 is 15.2 Å². The minimum absolute atomic E-state index is 0.0960. The number of nitrogens with one attached hydrogen (secondary N) is 2. The van der Waals surface area contributed by atoms with Gasteiger partial charge in [0.05, 0.1) is 0 Å². The minimum Gasteiger partial charge on any atom is -0.357 e. The van der Waals surface area contributed by atoms with Gasteiger partial charge in [-0.3, -0.25) is 4.79 Å². The Hall–Kier alpha value is -1.29. The summed E-state index contributed by atoms with van der Waals surface area (Å²) in [7, 11) is 0. The molecule has 0 saturated carbocycles. The molecule has 0 aromatic carbocycles. The van der Waals surface area contributed by atoms with Crippen LogP contribution >= 0.6 is 0 Å². The van der Waals surface area contributed by atoms with Gasteiger partial charge in [0.1, 0.15) is 5.69 Å². The molecular weight excluding hydrogens is 214 g/mol. The third kappa shape index (κ3) is 2.88. The van der Waals surface area contributed by atoms with Gasteiger partial charge in [0.15, 0.2) is 0 Å². The van der Waals surface area contributed by atoms with E-state index in [4.69, 9.17) is 0 Å². The molecule has 1 unspecified atom stereocenters. The smallest absolute Gasteiger partial charge is 0.270 e. The van der Waals surface area contributed by atoms with Crippen molar-refractivity contribution in [1.29, 1.82) is 0 Å². The SMILES string of the molecule is CC(C)N(CC1CCCN1)C(=O)c1ccc[nH]1. The Morgan fingerprint density at radius 3 is 2.94 bits per heavy atom. The van der Waals surface area contributed by atoms with Crippen molar-refractivity contribution in [1.82, 2.24) is 15.2 Å². The molecular formula is C13H21N3O. The van der Waals surface area contributed by atoms with E-state index in [-0.39, 0.29) is 11.9 Å². The predicted molar refractivity (Wildman–Crippen MR) is 68.0 cm³/mol. The first-order valence-electron chi connectivity index (χ1n) is 6.36. The fourth-order valence-electron chi connectivity index (χ4n) is 2.30. The average molecular weight is 235 g/mol. The van der Waals surface area contributed by atoms with E-state index in [2.05, 4.69) is 24.1 Å². The number of carbonyl (C=O) groups is 1. The summed E-state index contributed by atoms with van der Waals surface area (Å²) in [6.45, 7) is 6.01. The molecule has 1 aliphatic heterocycles. The second-order valence-electron chi connectivity index (χ2n) is 4.93. The van der Waals surface area contributed by atoms with Gasteiger partial charge in [-0.05, 0) is 45.4 Å². The highest BCUT2D eigenvalue weighted by molar-refractivity contribution is 5.92. The number of aromatic amines is 1. The van der Waals surface area contributed by atoms with Crippen molar-refractivity contribution in [3.05, 3.63) is 24.0 Å². The zero-order valence-corrected chi connectivity index (χ0v) is 10.6. The Morgan fingerprint density at radius 1 is 1.59 bits per heavy atom. The lowest BCUT2D eigenvalue weighted by Crippen LogP contribution is -2.44. The highest BCUT2D eigenvalue weighted by Crippen LogP contribution is 2.12. The van der Waals surface area contributed by atoms with Crippen LogP contribution in [-0.2, 0) is 0 Å². The summed E-state index contributed by atoms with van der Waals surface area (Å²) >= 11 is 0. The monoisotopic (exact) mass is 235 g/mol. The van der Waals surface area contributed by atoms with Gasteiger partial charge in [-0.1, -0.05) is 0 Å². The van der Waals surface area contributed by atoms with Gasteiger partial charge in [0.2, 0.25) is 0 Å². The molecule has 0 spiro atoms. The average Bonchev–Trinajstić information content (AvgIpc) is 2.97.